The number of carboxylic acids is 1. The number of benzene rings is 1. The summed E-state index contributed by atoms with van der Waals surface area (Å²) < 4.78 is 6.06. The monoisotopic (exact) mass is 258 g/mol. The van der Waals surface area contributed by atoms with E-state index in [0.29, 0.717) is 12.3 Å². The third-order valence-electron chi connectivity index (χ3n) is 3.92. The molecule has 1 N–H and O–H groups in total. The van der Waals surface area contributed by atoms with E-state index >= 15 is 0 Å². The molecule has 1 heterocycles. The average molecular weight is 258 g/mol. The molecule has 100 valence electrons. The number of hydrogen-bond acceptors (Lipinski definition) is 2. The summed E-state index contributed by atoms with van der Waals surface area (Å²) in [4.78, 5) is 10.6. The van der Waals surface area contributed by atoms with Crippen molar-refractivity contribution in [1.29, 1.82) is 0 Å². The van der Waals surface area contributed by atoms with Crippen LogP contribution in [0.15, 0.2) is 24.3 Å². The Morgan fingerprint density at radius 2 is 2.32 bits per heavy atom. The second-order valence-corrected chi connectivity index (χ2v) is 5.44. The molecule has 0 amide bonds. The largest absolute Gasteiger partial charge is 0.489 e. The zero-order valence-corrected chi connectivity index (χ0v) is 11.1. The van der Waals surface area contributed by atoms with E-state index < -0.39 is 5.97 Å². The first-order valence-electron chi connectivity index (χ1n) is 6.83. The van der Waals surface area contributed by atoms with Gasteiger partial charge in [-0.1, -0.05) is 29.8 Å². The van der Waals surface area contributed by atoms with Gasteiger partial charge in [0.25, 0.3) is 0 Å². The number of aryl methyl sites for hydroxylation is 2. The highest BCUT2D eigenvalue weighted by Crippen LogP contribution is 2.46. The van der Waals surface area contributed by atoms with Crippen molar-refractivity contribution in [3.05, 3.63) is 41.0 Å². The standard InChI is InChI=1S/C16H18O3/c1-10-8-11(4-2-7-15(17)18)16-13(9-10)12-5-3-6-14(12)19-16/h3,5,8-9,12,14H,2,4,6-7H2,1H3,(H,17,18). The SMILES string of the molecule is Cc1cc(CCCC(=O)O)c2c(c1)C1C=CCC1O2. The summed E-state index contributed by atoms with van der Waals surface area (Å²) >= 11 is 0. The first-order valence-corrected chi connectivity index (χ1v) is 6.83. The van der Waals surface area contributed by atoms with Crippen molar-refractivity contribution in [2.45, 2.75) is 44.6 Å². The highest BCUT2D eigenvalue weighted by Gasteiger charge is 2.36. The van der Waals surface area contributed by atoms with Gasteiger partial charge in [0.1, 0.15) is 11.9 Å². The topological polar surface area (TPSA) is 46.5 Å². The second-order valence-electron chi connectivity index (χ2n) is 5.44. The van der Waals surface area contributed by atoms with Crippen LogP contribution in [0.2, 0.25) is 0 Å². The van der Waals surface area contributed by atoms with Gasteiger partial charge in [-0.25, -0.2) is 0 Å². The van der Waals surface area contributed by atoms with Gasteiger partial charge in [0, 0.05) is 24.3 Å². The molecule has 2 unspecified atom stereocenters. The number of carboxylic acid groups (broad SMARTS) is 1. The zero-order chi connectivity index (χ0) is 13.4. The maximum Gasteiger partial charge on any atom is 0.303 e. The van der Waals surface area contributed by atoms with Crippen molar-refractivity contribution in [2.75, 3.05) is 0 Å². The van der Waals surface area contributed by atoms with Crippen LogP contribution in [0.1, 0.15) is 41.9 Å². The molecule has 19 heavy (non-hydrogen) atoms. The summed E-state index contributed by atoms with van der Waals surface area (Å²) in [7, 11) is 0. The van der Waals surface area contributed by atoms with Crippen molar-refractivity contribution in [3.8, 4) is 5.75 Å². The molecule has 2 aliphatic rings. The van der Waals surface area contributed by atoms with Crippen LogP contribution in [0.25, 0.3) is 0 Å². The molecule has 1 aliphatic heterocycles. The van der Waals surface area contributed by atoms with Crippen LogP contribution in [0.3, 0.4) is 0 Å². The molecule has 3 nitrogen and oxygen atoms in total. The van der Waals surface area contributed by atoms with Crippen molar-refractivity contribution in [2.24, 2.45) is 0 Å². The normalized spacial score (nSPS) is 23.0. The lowest BCUT2D eigenvalue weighted by Gasteiger charge is -2.11. The second kappa shape index (κ2) is 4.72. The molecule has 0 fully saturated rings. The number of rotatable bonds is 4. The Balaban J connectivity index is 1.85. The Morgan fingerprint density at radius 1 is 1.47 bits per heavy atom. The Labute approximate surface area is 112 Å². The highest BCUT2D eigenvalue weighted by atomic mass is 16.5. The van der Waals surface area contributed by atoms with Gasteiger partial charge in [0.05, 0.1) is 0 Å². The van der Waals surface area contributed by atoms with E-state index in [0.717, 1.165) is 18.6 Å². The lowest BCUT2D eigenvalue weighted by Crippen LogP contribution is -2.11. The van der Waals surface area contributed by atoms with Crippen LogP contribution < -0.4 is 4.74 Å². The van der Waals surface area contributed by atoms with Gasteiger partial charge in [-0.15, -0.1) is 0 Å². The third-order valence-corrected chi connectivity index (χ3v) is 3.92. The molecular weight excluding hydrogens is 240 g/mol. The van der Waals surface area contributed by atoms with Gasteiger partial charge >= 0.3 is 5.97 Å². The molecule has 0 saturated heterocycles. The quantitative estimate of drug-likeness (QED) is 0.843. The summed E-state index contributed by atoms with van der Waals surface area (Å²) in [5.41, 5.74) is 3.68. The smallest absolute Gasteiger partial charge is 0.303 e. The summed E-state index contributed by atoms with van der Waals surface area (Å²) in [5.74, 6) is 0.675. The van der Waals surface area contributed by atoms with Gasteiger partial charge in [0.15, 0.2) is 0 Å². The number of ether oxygens (including phenoxy) is 1. The van der Waals surface area contributed by atoms with E-state index in [1.165, 1.54) is 16.7 Å². The van der Waals surface area contributed by atoms with Crippen molar-refractivity contribution >= 4 is 5.97 Å². The van der Waals surface area contributed by atoms with Crippen LogP contribution in [0.4, 0.5) is 0 Å². The zero-order valence-electron chi connectivity index (χ0n) is 11.1. The predicted molar refractivity (Wildman–Crippen MR) is 72.7 cm³/mol. The molecule has 1 aromatic carbocycles. The van der Waals surface area contributed by atoms with Crippen LogP contribution in [0, 0.1) is 6.92 Å². The first kappa shape index (κ1) is 12.3. The van der Waals surface area contributed by atoms with E-state index in [2.05, 4.69) is 31.2 Å². The molecule has 0 bridgehead atoms. The van der Waals surface area contributed by atoms with Gasteiger partial charge in [-0.3, -0.25) is 4.79 Å². The third kappa shape index (κ3) is 2.25. The molecule has 1 aliphatic carbocycles. The maximum atomic E-state index is 10.6. The Hall–Kier alpha value is -1.77. The minimum absolute atomic E-state index is 0.218. The van der Waals surface area contributed by atoms with E-state index in [4.69, 9.17) is 9.84 Å². The van der Waals surface area contributed by atoms with Crippen molar-refractivity contribution < 1.29 is 14.6 Å². The Morgan fingerprint density at radius 3 is 3.11 bits per heavy atom. The Kier molecular flexibility index (Phi) is 3.05. The van der Waals surface area contributed by atoms with Crippen LogP contribution in [-0.4, -0.2) is 17.2 Å². The highest BCUT2D eigenvalue weighted by molar-refractivity contribution is 5.66. The molecule has 0 radical (unpaired) electrons. The summed E-state index contributed by atoms with van der Waals surface area (Å²) in [6, 6.07) is 4.34. The number of aliphatic carboxylic acids is 1. The van der Waals surface area contributed by atoms with E-state index in [9.17, 15) is 4.79 Å². The summed E-state index contributed by atoms with van der Waals surface area (Å²) in [6.45, 7) is 2.09. The van der Waals surface area contributed by atoms with E-state index in [-0.39, 0.29) is 12.5 Å². The molecule has 1 aromatic rings. The summed E-state index contributed by atoms with van der Waals surface area (Å²) in [6.07, 6.45) is 7.32. The minimum Gasteiger partial charge on any atom is -0.489 e. The average Bonchev–Trinajstić information content (AvgIpc) is 2.90. The van der Waals surface area contributed by atoms with E-state index in [1.54, 1.807) is 0 Å². The molecule has 0 spiro atoms. The van der Waals surface area contributed by atoms with Crippen molar-refractivity contribution in [1.82, 2.24) is 0 Å². The van der Waals surface area contributed by atoms with Crippen LogP contribution in [-0.2, 0) is 11.2 Å². The molecular formula is C16H18O3. The van der Waals surface area contributed by atoms with Gasteiger partial charge in [-0.05, 0) is 25.3 Å². The van der Waals surface area contributed by atoms with E-state index in [1.807, 2.05) is 0 Å². The lowest BCUT2D eigenvalue weighted by atomic mass is 9.93. The molecule has 0 aromatic heterocycles. The predicted octanol–water partition coefficient (Wildman–Crippen LogP) is 3.21. The number of carbonyl (C=O) groups is 1. The maximum absolute atomic E-state index is 10.6. The van der Waals surface area contributed by atoms with Crippen LogP contribution >= 0.6 is 0 Å². The molecule has 2 atom stereocenters. The van der Waals surface area contributed by atoms with Gasteiger partial charge in [-0.2, -0.15) is 0 Å². The molecule has 0 saturated carbocycles. The molecule has 3 rings (SSSR count). The fraction of sp³-hybridized carbons (Fsp3) is 0.438. The fourth-order valence-electron chi connectivity index (χ4n) is 3.09. The van der Waals surface area contributed by atoms with Crippen LogP contribution in [0.5, 0.6) is 5.75 Å². The Bertz CT molecular complexity index is 545. The number of hydrogen-bond donors (Lipinski definition) is 1. The lowest BCUT2D eigenvalue weighted by molar-refractivity contribution is -0.137. The summed E-state index contributed by atoms with van der Waals surface area (Å²) in [5, 5.41) is 8.73. The van der Waals surface area contributed by atoms with Crippen molar-refractivity contribution in [3.63, 3.8) is 0 Å². The minimum atomic E-state index is -0.731. The fourth-order valence-corrected chi connectivity index (χ4v) is 3.09. The van der Waals surface area contributed by atoms with Gasteiger partial charge in [0.2, 0.25) is 0 Å². The van der Waals surface area contributed by atoms with Gasteiger partial charge < -0.3 is 9.84 Å². The first-order chi connectivity index (χ1) is 9.15. The number of fused-ring (bicyclic) bond motifs is 3. The molecule has 3 heteroatoms.